The zero-order chi connectivity index (χ0) is 33.5. The first-order valence-corrected chi connectivity index (χ1v) is 16.8. The van der Waals surface area contributed by atoms with Crippen molar-refractivity contribution in [3.8, 4) is 28.5 Å². The topological polar surface area (TPSA) is 135 Å². The maximum atomic E-state index is 14.4. The molecule has 252 valence electrons. The molecular weight excluding hydrogens is 637 g/mol. The van der Waals surface area contributed by atoms with E-state index in [0.717, 1.165) is 47.1 Å². The van der Waals surface area contributed by atoms with Crippen molar-refractivity contribution in [1.29, 1.82) is 0 Å². The third-order valence-electron chi connectivity index (χ3n) is 8.46. The summed E-state index contributed by atoms with van der Waals surface area (Å²) in [6, 6.07) is 13.6. The number of phenolic OH excluding ortho intramolecular Hbond substituents is 1. The van der Waals surface area contributed by atoms with Crippen LogP contribution in [0.3, 0.4) is 0 Å². The third kappa shape index (κ3) is 8.53. The van der Waals surface area contributed by atoms with E-state index in [9.17, 15) is 19.1 Å². The number of benzene rings is 2. The van der Waals surface area contributed by atoms with E-state index < -0.39 is 11.7 Å². The Morgan fingerprint density at radius 3 is 2.54 bits per heavy atom. The van der Waals surface area contributed by atoms with E-state index in [1.807, 2.05) is 24.3 Å². The van der Waals surface area contributed by atoms with Crippen molar-refractivity contribution in [2.24, 2.45) is 0 Å². The van der Waals surface area contributed by atoms with E-state index in [-0.39, 0.29) is 35.2 Å². The van der Waals surface area contributed by atoms with Crippen molar-refractivity contribution in [2.45, 2.75) is 50.9 Å². The monoisotopic (exact) mass is 675 g/mol. The van der Waals surface area contributed by atoms with Crippen LogP contribution in [0.5, 0.6) is 17.4 Å². The molecule has 3 N–H and O–H groups in total. The van der Waals surface area contributed by atoms with E-state index in [1.54, 1.807) is 30.7 Å². The number of pyridine rings is 1. The molecule has 2 aromatic heterocycles. The van der Waals surface area contributed by atoms with Gasteiger partial charge in [-0.2, -0.15) is 0 Å². The number of nitrogens with zero attached hydrogens (tertiary/aromatic N) is 3. The highest BCUT2D eigenvalue weighted by atomic mass is 32.1. The van der Waals surface area contributed by atoms with Crippen molar-refractivity contribution < 1.29 is 33.3 Å². The SMILES string of the molecule is COCc1nc(C(=O)NC2CCC(NC(=O)c3cc(F)cnc3Oc3cccc(-c4ccc(O)cc4CN4CCOCC4)c3)CC2)cs1. The molecule has 1 aliphatic heterocycles. The second kappa shape index (κ2) is 15.6. The summed E-state index contributed by atoms with van der Waals surface area (Å²) in [5, 5.41) is 18.7. The molecular formula is C35H38FN5O6S. The molecule has 48 heavy (non-hydrogen) atoms. The lowest BCUT2D eigenvalue weighted by atomic mass is 9.91. The highest BCUT2D eigenvalue weighted by molar-refractivity contribution is 7.09. The Balaban J connectivity index is 1.09. The van der Waals surface area contributed by atoms with Gasteiger partial charge in [-0.3, -0.25) is 14.5 Å². The maximum Gasteiger partial charge on any atom is 0.270 e. The molecule has 11 nitrogen and oxygen atoms in total. The van der Waals surface area contributed by atoms with Gasteiger partial charge in [-0.1, -0.05) is 18.2 Å². The van der Waals surface area contributed by atoms with Crippen LogP contribution in [0.4, 0.5) is 4.39 Å². The second-order valence-electron chi connectivity index (χ2n) is 11.9. The quantitative estimate of drug-likeness (QED) is 0.194. The average Bonchev–Trinajstić information content (AvgIpc) is 3.56. The Bertz CT molecular complexity index is 1740. The van der Waals surface area contributed by atoms with Crippen molar-refractivity contribution in [3.63, 3.8) is 0 Å². The predicted molar refractivity (Wildman–Crippen MR) is 178 cm³/mol. The zero-order valence-electron chi connectivity index (χ0n) is 26.6. The summed E-state index contributed by atoms with van der Waals surface area (Å²) < 4.78 is 31.0. The first-order valence-electron chi connectivity index (χ1n) is 16.0. The van der Waals surface area contributed by atoms with Crippen molar-refractivity contribution in [3.05, 3.63) is 87.8 Å². The molecule has 2 fully saturated rings. The molecule has 0 spiro atoms. The molecule has 1 saturated carbocycles. The van der Waals surface area contributed by atoms with Crippen LogP contribution in [0, 0.1) is 5.82 Å². The summed E-state index contributed by atoms with van der Waals surface area (Å²) in [7, 11) is 1.58. The minimum absolute atomic E-state index is 0.0103. The summed E-state index contributed by atoms with van der Waals surface area (Å²) in [5.41, 5.74) is 3.11. The summed E-state index contributed by atoms with van der Waals surface area (Å²) in [6.45, 7) is 3.96. The Morgan fingerprint density at radius 2 is 1.79 bits per heavy atom. The molecule has 1 aliphatic carbocycles. The smallest absolute Gasteiger partial charge is 0.270 e. The van der Waals surface area contributed by atoms with Crippen LogP contribution < -0.4 is 15.4 Å². The number of carbonyl (C=O) groups excluding carboxylic acids is 2. The number of ether oxygens (including phenoxy) is 3. The number of aromatic hydroxyl groups is 1. The minimum atomic E-state index is -0.653. The van der Waals surface area contributed by atoms with Gasteiger partial charge in [0.1, 0.15) is 33.6 Å². The number of aromatic nitrogens is 2. The number of amides is 2. The van der Waals surface area contributed by atoms with Crippen LogP contribution in [-0.4, -0.2) is 77.3 Å². The van der Waals surface area contributed by atoms with Gasteiger partial charge in [0.15, 0.2) is 0 Å². The Hall–Kier alpha value is -4.43. The van der Waals surface area contributed by atoms with E-state index in [2.05, 4.69) is 25.5 Å². The van der Waals surface area contributed by atoms with Gasteiger partial charge >= 0.3 is 0 Å². The number of halogens is 1. The van der Waals surface area contributed by atoms with E-state index in [0.29, 0.717) is 63.5 Å². The number of methoxy groups -OCH3 is 1. The van der Waals surface area contributed by atoms with Gasteiger partial charge in [0, 0.05) is 44.2 Å². The van der Waals surface area contributed by atoms with Gasteiger partial charge in [-0.05, 0) is 72.7 Å². The highest BCUT2D eigenvalue weighted by Gasteiger charge is 2.26. The molecule has 0 unspecified atom stereocenters. The van der Waals surface area contributed by atoms with E-state index >= 15 is 0 Å². The molecule has 4 aromatic rings. The molecule has 2 amide bonds. The van der Waals surface area contributed by atoms with Crippen LogP contribution in [0.25, 0.3) is 11.1 Å². The maximum absolute atomic E-state index is 14.4. The molecule has 13 heteroatoms. The third-order valence-corrected chi connectivity index (χ3v) is 9.28. The van der Waals surface area contributed by atoms with Crippen LogP contribution >= 0.6 is 11.3 Å². The van der Waals surface area contributed by atoms with Crippen LogP contribution in [0.2, 0.25) is 0 Å². The van der Waals surface area contributed by atoms with Crippen molar-refractivity contribution in [2.75, 3.05) is 33.4 Å². The van der Waals surface area contributed by atoms with Crippen LogP contribution in [-0.2, 0) is 22.6 Å². The van der Waals surface area contributed by atoms with Gasteiger partial charge < -0.3 is 30.0 Å². The Kier molecular flexibility index (Phi) is 10.9. The highest BCUT2D eigenvalue weighted by Crippen LogP contribution is 2.33. The largest absolute Gasteiger partial charge is 0.508 e. The van der Waals surface area contributed by atoms with Crippen molar-refractivity contribution in [1.82, 2.24) is 25.5 Å². The van der Waals surface area contributed by atoms with Gasteiger partial charge in [0.25, 0.3) is 11.8 Å². The Labute approximate surface area is 282 Å². The lowest BCUT2D eigenvalue weighted by Gasteiger charge is -2.29. The lowest BCUT2D eigenvalue weighted by molar-refractivity contribution is 0.0342. The van der Waals surface area contributed by atoms with Gasteiger partial charge in [0.2, 0.25) is 5.88 Å². The lowest BCUT2D eigenvalue weighted by Crippen LogP contribution is -2.44. The number of morpholine rings is 1. The van der Waals surface area contributed by atoms with Gasteiger partial charge in [0.05, 0.1) is 26.0 Å². The zero-order valence-corrected chi connectivity index (χ0v) is 27.4. The molecule has 0 radical (unpaired) electrons. The minimum Gasteiger partial charge on any atom is -0.508 e. The summed E-state index contributed by atoms with van der Waals surface area (Å²) in [6.07, 6.45) is 3.65. The van der Waals surface area contributed by atoms with Gasteiger partial charge in [-0.25, -0.2) is 14.4 Å². The number of nitrogens with one attached hydrogen (secondary N) is 2. The predicted octanol–water partition coefficient (Wildman–Crippen LogP) is 5.29. The Morgan fingerprint density at radius 1 is 1.04 bits per heavy atom. The molecule has 0 bridgehead atoms. The summed E-state index contributed by atoms with van der Waals surface area (Å²) >= 11 is 1.38. The fraction of sp³-hybridized carbons (Fsp3) is 0.371. The molecule has 6 rings (SSSR count). The van der Waals surface area contributed by atoms with Crippen LogP contribution in [0.15, 0.2) is 60.1 Å². The fourth-order valence-corrected chi connectivity index (χ4v) is 6.76. The molecule has 1 saturated heterocycles. The summed E-state index contributed by atoms with van der Waals surface area (Å²) in [5.74, 6) is -0.762. The van der Waals surface area contributed by atoms with E-state index in [4.69, 9.17) is 14.2 Å². The van der Waals surface area contributed by atoms with Crippen LogP contribution in [0.1, 0.15) is 57.1 Å². The number of phenols is 1. The average molecular weight is 676 g/mol. The number of rotatable bonds is 11. The summed E-state index contributed by atoms with van der Waals surface area (Å²) in [4.78, 5) is 36.8. The number of thiazole rings is 1. The fourth-order valence-electron chi connectivity index (χ4n) is 6.01. The van der Waals surface area contributed by atoms with Crippen molar-refractivity contribution >= 4 is 23.2 Å². The first kappa shape index (κ1) is 33.5. The number of hydrogen-bond donors (Lipinski definition) is 3. The molecule has 0 atom stereocenters. The molecule has 2 aromatic carbocycles. The standard InChI is InChI=1S/C35H38FN5O6S/c1-45-20-32-40-31(21-48-32)34(44)39-26-7-5-25(6-8-26)38-33(43)30-17-24(36)18-37-35(30)47-28-4-2-3-22(16-28)29-10-9-27(42)15-23(29)19-41-11-13-46-14-12-41/h2-4,9-10,15-18,21,25-26,42H,5-8,11-14,19-20H2,1H3,(H,38,43)(H,39,44). The molecule has 2 aliphatic rings. The normalized spacial score (nSPS) is 18.3. The van der Waals surface area contributed by atoms with E-state index in [1.165, 1.54) is 11.3 Å². The number of carbonyl (C=O) groups is 2. The molecule has 3 heterocycles. The number of hydrogen-bond acceptors (Lipinski definition) is 10. The first-order chi connectivity index (χ1) is 23.3. The van der Waals surface area contributed by atoms with Gasteiger partial charge in [-0.15, -0.1) is 11.3 Å². The second-order valence-corrected chi connectivity index (χ2v) is 12.9.